The lowest BCUT2D eigenvalue weighted by Crippen LogP contribution is -2.34. The highest BCUT2D eigenvalue weighted by Gasteiger charge is 2.15. The van der Waals surface area contributed by atoms with E-state index in [1.165, 1.54) is 0 Å². The zero-order valence-electron chi connectivity index (χ0n) is 10.5. The summed E-state index contributed by atoms with van der Waals surface area (Å²) in [7, 11) is 0. The summed E-state index contributed by atoms with van der Waals surface area (Å²) in [5, 5.41) is 13.7. The predicted molar refractivity (Wildman–Crippen MR) is 66.6 cm³/mol. The van der Waals surface area contributed by atoms with Crippen LogP contribution in [0.1, 0.15) is 30.3 Å². The molecule has 2 N–H and O–H groups in total. The van der Waals surface area contributed by atoms with E-state index < -0.39 is 0 Å². The third-order valence-corrected chi connectivity index (χ3v) is 2.78. The van der Waals surface area contributed by atoms with E-state index in [9.17, 15) is 4.79 Å². The minimum absolute atomic E-state index is 0.191. The van der Waals surface area contributed by atoms with Gasteiger partial charge in [0.2, 0.25) is 5.88 Å². The van der Waals surface area contributed by atoms with Gasteiger partial charge in [-0.3, -0.25) is 4.79 Å². The van der Waals surface area contributed by atoms with Gasteiger partial charge in [-0.1, -0.05) is 0 Å². The van der Waals surface area contributed by atoms with Crippen LogP contribution in [-0.4, -0.2) is 41.8 Å². The third kappa shape index (κ3) is 3.40. The van der Waals surface area contributed by atoms with Crippen LogP contribution >= 0.6 is 0 Å². The molecule has 18 heavy (non-hydrogen) atoms. The topological polar surface area (TPSA) is 76.1 Å². The molecule has 0 atom stereocenters. The van der Waals surface area contributed by atoms with Crippen molar-refractivity contribution in [3.05, 3.63) is 17.8 Å². The van der Waals surface area contributed by atoms with Gasteiger partial charge in [0.1, 0.15) is 6.10 Å². The first-order valence-electron chi connectivity index (χ1n) is 6.29. The minimum Gasteiger partial charge on any atom is -0.473 e. The van der Waals surface area contributed by atoms with Crippen molar-refractivity contribution in [3.63, 3.8) is 0 Å². The first kappa shape index (κ1) is 12.8. The van der Waals surface area contributed by atoms with Crippen LogP contribution in [-0.2, 0) is 0 Å². The maximum atomic E-state index is 11.5. The van der Waals surface area contributed by atoms with Gasteiger partial charge in [-0.05, 0) is 38.9 Å². The SMILES string of the molecule is CCNC(=O)c1ccc(OC2CCNCC2)nn1. The quantitative estimate of drug-likeness (QED) is 0.806. The molecular formula is C12H18N4O2. The smallest absolute Gasteiger partial charge is 0.271 e. The number of rotatable bonds is 4. The van der Waals surface area contributed by atoms with Crippen molar-refractivity contribution >= 4 is 5.91 Å². The summed E-state index contributed by atoms with van der Waals surface area (Å²) < 4.78 is 5.70. The van der Waals surface area contributed by atoms with Crippen LogP contribution < -0.4 is 15.4 Å². The number of carbonyl (C=O) groups is 1. The van der Waals surface area contributed by atoms with Gasteiger partial charge in [0, 0.05) is 12.6 Å². The highest BCUT2D eigenvalue weighted by atomic mass is 16.5. The number of hydrogen-bond acceptors (Lipinski definition) is 5. The monoisotopic (exact) mass is 250 g/mol. The highest BCUT2D eigenvalue weighted by molar-refractivity contribution is 5.91. The van der Waals surface area contributed by atoms with E-state index in [4.69, 9.17) is 4.74 Å². The fraction of sp³-hybridized carbons (Fsp3) is 0.583. The molecule has 0 aromatic carbocycles. The lowest BCUT2D eigenvalue weighted by molar-refractivity contribution is 0.0949. The number of nitrogens with zero attached hydrogens (tertiary/aromatic N) is 2. The summed E-state index contributed by atoms with van der Waals surface area (Å²) in [5.41, 5.74) is 0.314. The average Bonchev–Trinajstić information content (AvgIpc) is 2.41. The Hall–Kier alpha value is -1.69. The molecule has 1 aromatic rings. The number of nitrogens with one attached hydrogen (secondary N) is 2. The molecule has 1 fully saturated rings. The van der Waals surface area contributed by atoms with Crippen molar-refractivity contribution in [3.8, 4) is 5.88 Å². The molecule has 0 bridgehead atoms. The van der Waals surface area contributed by atoms with Gasteiger partial charge in [-0.15, -0.1) is 10.2 Å². The van der Waals surface area contributed by atoms with Gasteiger partial charge in [0.05, 0.1) is 0 Å². The van der Waals surface area contributed by atoms with Gasteiger partial charge >= 0.3 is 0 Å². The van der Waals surface area contributed by atoms with Crippen molar-refractivity contribution in [2.24, 2.45) is 0 Å². The van der Waals surface area contributed by atoms with Crippen molar-refractivity contribution in [2.75, 3.05) is 19.6 Å². The predicted octanol–water partition coefficient (Wildman–Crippen LogP) is 0.357. The van der Waals surface area contributed by atoms with Crippen LogP contribution in [0.2, 0.25) is 0 Å². The second-order valence-corrected chi connectivity index (χ2v) is 4.18. The number of hydrogen-bond donors (Lipinski definition) is 2. The molecule has 6 heteroatoms. The van der Waals surface area contributed by atoms with E-state index in [0.717, 1.165) is 25.9 Å². The van der Waals surface area contributed by atoms with Gasteiger partial charge < -0.3 is 15.4 Å². The molecule has 2 heterocycles. The lowest BCUT2D eigenvalue weighted by Gasteiger charge is -2.22. The van der Waals surface area contributed by atoms with Crippen LogP contribution in [0.25, 0.3) is 0 Å². The fourth-order valence-corrected chi connectivity index (χ4v) is 1.84. The molecule has 0 radical (unpaired) electrons. The minimum atomic E-state index is -0.210. The Labute approximate surface area is 106 Å². The second kappa shape index (κ2) is 6.30. The number of ether oxygens (including phenoxy) is 1. The van der Waals surface area contributed by atoms with Crippen LogP contribution in [0, 0.1) is 0 Å². The first-order chi connectivity index (χ1) is 8.79. The second-order valence-electron chi connectivity index (χ2n) is 4.18. The molecule has 98 valence electrons. The number of amides is 1. The van der Waals surface area contributed by atoms with Crippen molar-refractivity contribution in [2.45, 2.75) is 25.9 Å². The van der Waals surface area contributed by atoms with E-state index in [2.05, 4.69) is 20.8 Å². The maximum absolute atomic E-state index is 11.5. The highest BCUT2D eigenvalue weighted by Crippen LogP contribution is 2.13. The molecule has 0 saturated carbocycles. The largest absolute Gasteiger partial charge is 0.473 e. The molecule has 6 nitrogen and oxygen atoms in total. The van der Waals surface area contributed by atoms with Crippen LogP contribution in [0.5, 0.6) is 5.88 Å². The Morgan fingerprint density at radius 3 is 2.83 bits per heavy atom. The van der Waals surface area contributed by atoms with Gasteiger partial charge in [-0.2, -0.15) is 0 Å². The Morgan fingerprint density at radius 2 is 2.22 bits per heavy atom. The van der Waals surface area contributed by atoms with Crippen LogP contribution in [0.3, 0.4) is 0 Å². The van der Waals surface area contributed by atoms with E-state index in [1.54, 1.807) is 12.1 Å². The van der Waals surface area contributed by atoms with Gasteiger partial charge in [0.25, 0.3) is 5.91 Å². The normalized spacial score (nSPS) is 16.3. The number of piperidine rings is 1. The molecule has 1 aromatic heterocycles. The average molecular weight is 250 g/mol. The van der Waals surface area contributed by atoms with Gasteiger partial charge in [0.15, 0.2) is 5.69 Å². The van der Waals surface area contributed by atoms with Crippen molar-refractivity contribution < 1.29 is 9.53 Å². The Bertz CT molecular complexity index is 388. The molecule has 0 spiro atoms. The van der Waals surface area contributed by atoms with Crippen LogP contribution in [0.4, 0.5) is 0 Å². The van der Waals surface area contributed by atoms with Gasteiger partial charge in [-0.25, -0.2) is 0 Å². The third-order valence-electron chi connectivity index (χ3n) is 2.78. The number of carbonyl (C=O) groups excluding carboxylic acids is 1. The number of aromatic nitrogens is 2. The molecule has 1 aliphatic rings. The van der Waals surface area contributed by atoms with E-state index in [0.29, 0.717) is 18.1 Å². The van der Waals surface area contributed by atoms with E-state index in [1.807, 2.05) is 6.92 Å². The zero-order chi connectivity index (χ0) is 12.8. The lowest BCUT2D eigenvalue weighted by atomic mass is 10.1. The first-order valence-corrected chi connectivity index (χ1v) is 6.29. The molecule has 0 unspecified atom stereocenters. The Balaban J connectivity index is 1.92. The van der Waals surface area contributed by atoms with Crippen LogP contribution in [0.15, 0.2) is 12.1 Å². The van der Waals surface area contributed by atoms with Crippen molar-refractivity contribution in [1.29, 1.82) is 0 Å². The molecular weight excluding hydrogens is 232 g/mol. The summed E-state index contributed by atoms with van der Waals surface area (Å²) in [4.78, 5) is 11.5. The summed E-state index contributed by atoms with van der Waals surface area (Å²) >= 11 is 0. The Kier molecular flexibility index (Phi) is 4.46. The van der Waals surface area contributed by atoms with E-state index >= 15 is 0 Å². The molecule has 2 rings (SSSR count). The fourth-order valence-electron chi connectivity index (χ4n) is 1.84. The maximum Gasteiger partial charge on any atom is 0.271 e. The summed E-state index contributed by atoms with van der Waals surface area (Å²) in [6.45, 7) is 4.37. The Morgan fingerprint density at radius 1 is 1.44 bits per heavy atom. The summed E-state index contributed by atoms with van der Waals surface area (Å²) in [6.07, 6.45) is 2.13. The summed E-state index contributed by atoms with van der Waals surface area (Å²) in [6, 6.07) is 3.33. The molecule has 1 saturated heterocycles. The molecule has 1 aliphatic heterocycles. The zero-order valence-corrected chi connectivity index (χ0v) is 10.5. The molecule has 0 aliphatic carbocycles. The van der Waals surface area contributed by atoms with E-state index in [-0.39, 0.29) is 12.0 Å². The molecule has 1 amide bonds. The summed E-state index contributed by atoms with van der Waals surface area (Å²) in [5.74, 6) is 0.272. The standard InChI is InChI=1S/C12H18N4O2/c1-2-14-12(17)10-3-4-11(16-15-10)18-9-5-7-13-8-6-9/h3-4,9,13H,2,5-8H2,1H3,(H,14,17). The van der Waals surface area contributed by atoms with Crippen molar-refractivity contribution in [1.82, 2.24) is 20.8 Å².